The average molecular weight is 289 g/mol. The fraction of sp³-hybridized carbons (Fsp3) is 0.462. The van der Waals surface area contributed by atoms with Gasteiger partial charge in [-0.2, -0.15) is 0 Å². The number of hydrogen-bond donors (Lipinski definition) is 2. The number of anilines is 1. The molecule has 2 rings (SSSR count). The second-order valence-corrected chi connectivity index (χ2v) is 4.93. The Morgan fingerprint density at radius 2 is 2.19 bits per heavy atom. The zero-order valence-electron chi connectivity index (χ0n) is 12.6. The predicted octanol–water partition coefficient (Wildman–Crippen LogP) is 0.316. The van der Waals surface area contributed by atoms with Gasteiger partial charge in [0.2, 0.25) is 5.95 Å². The van der Waals surface area contributed by atoms with Crippen molar-refractivity contribution in [2.24, 2.45) is 7.05 Å². The van der Waals surface area contributed by atoms with Crippen molar-refractivity contribution in [3.05, 3.63) is 29.3 Å². The zero-order valence-corrected chi connectivity index (χ0v) is 12.6. The maximum Gasteiger partial charge on any atom is 0.270 e. The molecule has 0 aromatic carbocycles. The minimum atomic E-state index is -0.228. The van der Waals surface area contributed by atoms with Crippen LogP contribution < -0.4 is 10.6 Å². The van der Waals surface area contributed by atoms with Crippen LogP contribution in [0.5, 0.6) is 0 Å². The highest BCUT2D eigenvalue weighted by atomic mass is 16.1. The van der Waals surface area contributed by atoms with Gasteiger partial charge in [-0.25, -0.2) is 9.97 Å². The quantitative estimate of drug-likeness (QED) is 0.822. The van der Waals surface area contributed by atoms with Crippen LogP contribution in [0.4, 0.5) is 5.95 Å². The van der Waals surface area contributed by atoms with Crippen molar-refractivity contribution in [3.8, 4) is 0 Å². The maximum atomic E-state index is 12.2. The molecule has 1 amide bonds. The van der Waals surface area contributed by atoms with E-state index < -0.39 is 0 Å². The van der Waals surface area contributed by atoms with Gasteiger partial charge in [0.15, 0.2) is 0 Å². The van der Waals surface area contributed by atoms with Crippen LogP contribution in [0.25, 0.3) is 0 Å². The van der Waals surface area contributed by atoms with E-state index in [2.05, 4.69) is 30.9 Å². The molecule has 1 atom stereocenters. The van der Waals surface area contributed by atoms with E-state index in [0.29, 0.717) is 18.1 Å². The number of aromatic nitrogens is 5. The Morgan fingerprint density at radius 3 is 2.81 bits per heavy atom. The summed E-state index contributed by atoms with van der Waals surface area (Å²) in [5.41, 5.74) is 1.92. The summed E-state index contributed by atoms with van der Waals surface area (Å²) in [5.74, 6) is 0.204. The number of carbonyl (C=O) groups is 1. The Kier molecular flexibility index (Phi) is 4.46. The van der Waals surface area contributed by atoms with Crippen LogP contribution in [0.2, 0.25) is 0 Å². The Labute approximate surface area is 123 Å². The first-order valence-corrected chi connectivity index (χ1v) is 6.67. The molecule has 0 radical (unpaired) electrons. The minimum absolute atomic E-state index is 0.0671. The largest absolute Gasteiger partial charge is 0.357 e. The number of carbonyl (C=O) groups excluding carboxylic acids is 1. The Morgan fingerprint density at radius 1 is 1.43 bits per heavy atom. The van der Waals surface area contributed by atoms with Gasteiger partial charge in [-0.1, -0.05) is 5.21 Å². The molecule has 0 aliphatic carbocycles. The second kappa shape index (κ2) is 6.29. The standard InChI is InChI=1S/C13H19N7O/c1-8(5-10-7-20(4)19-18-10)15-12(21)11-6-9(2)16-13(14-3)17-11/h6-8H,5H2,1-4H3,(H,15,21)(H,14,16,17)/t8-/m1/s1. The molecule has 2 aromatic heterocycles. The molecule has 0 bridgehead atoms. The van der Waals surface area contributed by atoms with E-state index in [1.807, 2.05) is 27.1 Å². The second-order valence-electron chi connectivity index (χ2n) is 4.93. The summed E-state index contributed by atoms with van der Waals surface area (Å²) < 4.78 is 1.64. The highest BCUT2D eigenvalue weighted by Crippen LogP contribution is 2.05. The fourth-order valence-corrected chi connectivity index (χ4v) is 1.95. The van der Waals surface area contributed by atoms with Gasteiger partial charge in [-0.05, 0) is 19.9 Å². The van der Waals surface area contributed by atoms with Crippen molar-refractivity contribution in [1.29, 1.82) is 0 Å². The normalized spacial score (nSPS) is 12.0. The molecule has 2 aromatic rings. The lowest BCUT2D eigenvalue weighted by molar-refractivity contribution is 0.0934. The van der Waals surface area contributed by atoms with Gasteiger partial charge >= 0.3 is 0 Å². The van der Waals surface area contributed by atoms with Gasteiger partial charge in [-0.3, -0.25) is 9.48 Å². The third-order valence-electron chi connectivity index (χ3n) is 2.85. The van der Waals surface area contributed by atoms with Crippen LogP contribution in [-0.4, -0.2) is 44.0 Å². The van der Waals surface area contributed by atoms with Crippen molar-refractivity contribution in [1.82, 2.24) is 30.3 Å². The molecule has 2 heterocycles. The molecule has 0 saturated heterocycles. The van der Waals surface area contributed by atoms with E-state index in [9.17, 15) is 4.79 Å². The summed E-state index contributed by atoms with van der Waals surface area (Å²) in [5, 5.41) is 13.6. The molecule has 0 unspecified atom stereocenters. The van der Waals surface area contributed by atoms with E-state index in [4.69, 9.17) is 0 Å². The Balaban J connectivity index is 2.02. The smallest absolute Gasteiger partial charge is 0.270 e. The van der Waals surface area contributed by atoms with E-state index >= 15 is 0 Å². The first-order chi connectivity index (χ1) is 9.97. The van der Waals surface area contributed by atoms with Gasteiger partial charge in [-0.15, -0.1) is 5.10 Å². The number of nitrogens with zero attached hydrogens (tertiary/aromatic N) is 5. The van der Waals surface area contributed by atoms with Gasteiger partial charge in [0.05, 0.1) is 5.69 Å². The Hall–Kier alpha value is -2.51. The highest BCUT2D eigenvalue weighted by molar-refractivity contribution is 5.92. The van der Waals surface area contributed by atoms with Gasteiger partial charge in [0.25, 0.3) is 5.91 Å². The monoisotopic (exact) mass is 289 g/mol. The predicted molar refractivity (Wildman–Crippen MR) is 78.0 cm³/mol. The fourth-order valence-electron chi connectivity index (χ4n) is 1.95. The lowest BCUT2D eigenvalue weighted by Gasteiger charge is -2.12. The number of rotatable bonds is 5. The van der Waals surface area contributed by atoms with E-state index in [-0.39, 0.29) is 11.9 Å². The molecule has 0 fully saturated rings. The molecule has 0 saturated carbocycles. The number of hydrogen-bond acceptors (Lipinski definition) is 6. The maximum absolute atomic E-state index is 12.2. The zero-order chi connectivity index (χ0) is 15.4. The van der Waals surface area contributed by atoms with Crippen molar-refractivity contribution >= 4 is 11.9 Å². The molecule has 0 spiro atoms. The summed E-state index contributed by atoms with van der Waals surface area (Å²) in [4.78, 5) is 20.5. The van der Waals surface area contributed by atoms with Gasteiger partial charge < -0.3 is 10.6 Å². The minimum Gasteiger partial charge on any atom is -0.357 e. The van der Waals surface area contributed by atoms with E-state index in [0.717, 1.165) is 11.4 Å². The van der Waals surface area contributed by atoms with E-state index in [1.54, 1.807) is 17.8 Å². The molecule has 0 aliphatic rings. The lowest BCUT2D eigenvalue weighted by Crippen LogP contribution is -2.34. The number of amides is 1. The summed E-state index contributed by atoms with van der Waals surface area (Å²) in [6.45, 7) is 3.74. The van der Waals surface area contributed by atoms with Crippen molar-refractivity contribution in [3.63, 3.8) is 0 Å². The third-order valence-corrected chi connectivity index (χ3v) is 2.85. The molecule has 0 aliphatic heterocycles. The van der Waals surface area contributed by atoms with Crippen molar-refractivity contribution < 1.29 is 4.79 Å². The first-order valence-electron chi connectivity index (χ1n) is 6.67. The van der Waals surface area contributed by atoms with E-state index in [1.165, 1.54) is 0 Å². The summed E-state index contributed by atoms with van der Waals surface area (Å²) in [7, 11) is 3.52. The number of nitrogens with one attached hydrogen (secondary N) is 2. The number of aryl methyl sites for hydroxylation is 2. The Bertz CT molecular complexity index is 637. The molecule has 21 heavy (non-hydrogen) atoms. The summed E-state index contributed by atoms with van der Waals surface area (Å²) in [6.07, 6.45) is 2.44. The molecule has 2 N–H and O–H groups in total. The lowest BCUT2D eigenvalue weighted by atomic mass is 10.2. The molecule has 8 heteroatoms. The molecule has 8 nitrogen and oxygen atoms in total. The third kappa shape index (κ3) is 3.98. The highest BCUT2D eigenvalue weighted by Gasteiger charge is 2.14. The molecular formula is C13H19N7O. The average Bonchev–Trinajstić information content (AvgIpc) is 2.83. The van der Waals surface area contributed by atoms with Crippen LogP contribution in [0.3, 0.4) is 0 Å². The molecule has 112 valence electrons. The van der Waals surface area contributed by atoms with Crippen LogP contribution in [0.15, 0.2) is 12.3 Å². The van der Waals surface area contributed by atoms with Crippen LogP contribution in [-0.2, 0) is 13.5 Å². The molecular weight excluding hydrogens is 270 g/mol. The van der Waals surface area contributed by atoms with Crippen molar-refractivity contribution in [2.45, 2.75) is 26.3 Å². The SMILES string of the molecule is CNc1nc(C)cc(C(=O)N[C@H](C)Cc2cn(C)nn2)n1. The topological polar surface area (TPSA) is 97.6 Å². The van der Waals surface area contributed by atoms with Crippen LogP contribution in [0.1, 0.15) is 28.8 Å². The van der Waals surface area contributed by atoms with Crippen molar-refractivity contribution in [2.75, 3.05) is 12.4 Å². The summed E-state index contributed by atoms with van der Waals surface area (Å²) in [6, 6.07) is 1.59. The summed E-state index contributed by atoms with van der Waals surface area (Å²) >= 11 is 0. The van der Waals surface area contributed by atoms with Gasteiger partial charge in [0, 0.05) is 38.4 Å². The van der Waals surface area contributed by atoms with Crippen LogP contribution in [0, 0.1) is 6.92 Å². The van der Waals surface area contributed by atoms with Gasteiger partial charge in [0.1, 0.15) is 5.69 Å². The first kappa shape index (κ1) is 14.9. The van der Waals surface area contributed by atoms with Crippen LogP contribution >= 0.6 is 0 Å².